The molecule has 3 heterocycles. The average molecular weight is 337 g/mol. The first-order valence-electron chi connectivity index (χ1n) is 8.74. The second kappa shape index (κ2) is 6.98. The standard InChI is InChI=1S/C18H25ClN2O2/c19-17-9-15-2-6-23-18(15)16(10-17)13-21-3-1-14(12-21)11-20-4-7-22-8-5-20/h9-10,14H,1-8,11-13H2/t14-/m1/s1. The van der Waals surface area contributed by atoms with Gasteiger partial charge >= 0.3 is 0 Å². The van der Waals surface area contributed by atoms with Crippen LogP contribution < -0.4 is 4.74 Å². The maximum Gasteiger partial charge on any atom is 0.127 e. The highest BCUT2D eigenvalue weighted by atomic mass is 35.5. The Morgan fingerprint density at radius 3 is 2.83 bits per heavy atom. The van der Waals surface area contributed by atoms with E-state index in [4.69, 9.17) is 21.1 Å². The highest BCUT2D eigenvalue weighted by Crippen LogP contribution is 2.34. The lowest BCUT2D eigenvalue weighted by Crippen LogP contribution is -2.39. The van der Waals surface area contributed by atoms with Gasteiger partial charge in [-0.2, -0.15) is 0 Å². The van der Waals surface area contributed by atoms with Gasteiger partial charge in [0.15, 0.2) is 0 Å². The van der Waals surface area contributed by atoms with E-state index in [1.165, 1.54) is 37.2 Å². The molecule has 0 amide bonds. The molecule has 1 atom stereocenters. The average Bonchev–Trinajstić information content (AvgIpc) is 3.17. The van der Waals surface area contributed by atoms with Crippen molar-refractivity contribution in [3.8, 4) is 5.75 Å². The first-order valence-corrected chi connectivity index (χ1v) is 9.12. The maximum absolute atomic E-state index is 6.28. The Morgan fingerprint density at radius 2 is 1.96 bits per heavy atom. The Kier molecular flexibility index (Phi) is 4.76. The van der Waals surface area contributed by atoms with Gasteiger partial charge in [0.25, 0.3) is 0 Å². The van der Waals surface area contributed by atoms with Crippen LogP contribution in [0.1, 0.15) is 17.5 Å². The lowest BCUT2D eigenvalue weighted by molar-refractivity contribution is 0.0311. The van der Waals surface area contributed by atoms with Gasteiger partial charge in [-0.25, -0.2) is 0 Å². The summed E-state index contributed by atoms with van der Waals surface area (Å²) in [4.78, 5) is 5.11. The molecule has 1 aromatic carbocycles. The molecular formula is C18H25ClN2O2. The molecule has 0 radical (unpaired) electrons. The number of morpholine rings is 1. The minimum Gasteiger partial charge on any atom is -0.493 e. The van der Waals surface area contributed by atoms with Crippen LogP contribution in [0.15, 0.2) is 12.1 Å². The Morgan fingerprint density at radius 1 is 1.09 bits per heavy atom. The van der Waals surface area contributed by atoms with Gasteiger partial charge in [-0.15, -0.1) is 0 Å². The highest BCUT2D eigenvalue weighted by Gasteiger charge is 2.27. The lowest BCUT2D eigenvalue weighted by atomic mass is 10.1. The lowest BCUT2D eigenvalue weighted by Gasteiger charge is -2.29. The van der Waals surface area contributed by atoms with Gasteiger partial charge in [0.2, 0.25) is 0 Å². The van der Waals surface area contributed by atoms with Crippen LogP contribution in [-0.2, 0) is 17.7 Å². The number of hydrogen-bond acceptors (Lipinski definition) is 4. The van der Waals surface area contributed by atoms with Crippen LogP contribution in [0.5, 0.6) is 5.75 Å². The largest absolute Gasteiger partial charge is 0.493 e. The van der Waals surface area contributed by atoms with Crippen LogP contribution in [0.4, 0.5) is 0 Å². The predicted octanol–water partition coefficient (Wildman–Crippen LogP) is 2.43. The highest BCUT2D eigenvalue weighted by molar-refractivity contribution is 6.30. The molecule has 0 saturated carbocycles. The van der Waals surface area contributed by atoms with Crippen molar-refractivity contribution in [2.45, 2.75) is 19.4 Å². The van der Waals surface area contributed by atoms with Crippen molar-refractivity contribution >= 4 is 11.6 Å². The molecule has 126 valence electrons. The Labute approximate surface area is 143 Å². The maximum atomic E-state index is 6.28. The fraction of sp³-hybridized carbons (Fsp3) is 0.667. The molecule has 23 heavy (non-hydrogen) atoms. The normalized spacial score (nSPS) is 25.5. The quantitative estimate of drug-likeness (QED) is 0.843. The fourth-order valence-electron chi connectivity index (χ4n) is 4.06. The zero-order valence-electron chi connectivity index (χ0n) is 13.6. The Balaban J connectivity index is 1.35. The number of benzene rings is 1. The molecule has 5 heteroatoms. The summed E-state index contributed by atoms with van der Waals surface area (Å²) in [7, 11) is 0. The van der Waals surface area contributed by atoms with E-state index < -0.39 is 0 Å². The molecule has 2 fully saturated rings. The van der Waals surface area contributed by atoms with E-state index in [2.05, 4.69) is 21.9 Å². The van der Waals surface area contributed by atoms with Gasteiger partial charge in [0.1, 0.15) is 5.75 Å². The van der Waals surface area contributed by atoms with Crippen molar-refractivity contribution in [1.29, 1.82) is 0 Å². The number of likely N-dealkylation sites (tertiary alicyclic amines) is 1. The SMILES string of the molecule is Clc1cc2c(c(CN3CC[C@H](CN4CCOCC4)C3)c1)OCC2. The van der Waals surface area contributed by atoms with Crippen LogP contribution in [0, 0.1) is 5.92 Å². The number of halogens is 1. The molecule has 1 aromatic rings. The van der Waals surface area contributed by atoms with E-state index in [1.807, 2.05) is 0 Å². The van der Waals surface area contributed by atoms with Gasteiger partial charge in [0.05, 0.1) is 19.8 Å². The third-order valence-electron chi connectivity index (χ3n) is 5.21. The summed E-state index contributed by atoms with van der Waals surface area (Å²) < 4.78 is 11.3. The van der Waals surface area contributed by atoms with Gasteiger partial charge in [-0.1, -0.05) is 11.6 Å². The second-order valence-corrected chi connectivity index (χ2v) is 7.39. The number of ether oxygens (including phenoxy) is 2. The number of fused-ring (bicyclic) bond motifs is 1. The third kappa shape index (κ3) is 3.66. The van der Waals surface area contributed by atoms with Crippen LogP contribution in [0.3, 0.4) is 0 Å². The Hall–Kier alpha value is -0.810. The second-order valence-electron chi connectivity index (χ2n) is 6.95. The molecule has 0 bridgehead atoms. The van der Waals surface area contributed by atoms with Gasteiger partial charge in [0, 0.05) is 49.7 Å². The van der Waals surface area contributed by atoms with E-state index in [9.17, 15) is 0 Å². The van der Waals surface area contributed by atoms with Crippen molar-refractivity contribution in [3.63, 3.8) is 0 Å². The molecule has 4 rings (SSSR count). The summed E-state index contributed by atoms with van der Waals surface area (Å²) in [5.74, 6) is 1.87. The summed E-state index contributed by atoms with van der Waals surface area (Å²) >= 11 is 6.28. The van der Waals surface area contributed by atoms with Crippen molar-refractivity contribution in [1.82, 2.24) is 9.80 Å². The van der Waals surface area contributed by atoms with E-state index in [0.29, 0.717) is 0 Å². The molecule has 4 nitrogen and oxygen atoms in total. The van der Waals surface area contributed by atoms with E-state index in [1.54, 1.807) is 0 Å². The smallest absolute Gasteiger partial charge is 0.127 e. The van der Waals surface area contributed by atoms with Crippen LogP contribution in [0.25, 0.3) is 0 Å². The molecule has 0 spiro atoms. The summed E-state index contributed by atoms with van der Waals surface area (Å²) in [6.45, 7) is 9.28. The first-order chi connectivity index (χ1) is 11.3. The molecule has 0 N–H and O–H groups in total. The van der Waals surface area contributed by atoms with Crippen LogP contribution in [-0.4, -0.2) is 62.3 Å². The van der Waals surface area contributed by atoms with Crippen molar-refractivity contribution in [2.24, 2.45) is 5.92 Å². The molecule has 3 aliphatic heterocycles. The van der Waals surface area contributed by atoms with Gasteiger partial charge in [-0.05, 0) is 36.6 Å². The van der Waals surface area contributed by atoms with Crippen molar-refractivity contribution in [2.75, 3.05) is 52.5 Å². The summed E-state index contributed by atoms with van der Waals surface area (Å²) in [6.07, 6.45) is 2.28. The minimum absolute atomic E-state index is 0.779. The van der Waals surface area contributed by atoms with Crippen LogP contribution in [0.2, 0.25) is 5.02 Å². The van der Waals surface area contributed by atoms with Crippen LogP contribution >= 0.6 is 11.6 Å². The molecule has 0 unspecified atom stereocenters. The van der Waals surface area contributed by atoms with E-state index >= 15 is 0 Å². The van der Waals surface area contributed by atoms with Gasteiger partial charge < -0.3 is 9.47 Å². The van der Waals surface area contributed by atoms with Gasteiger partial charge in [-0.3, -0.25) is 9.80 Å². The Bertz CT molecular complexity index is 560. The predicted molar refractivity (Wildman–Crippen MR) is 91.3 cm³/mol. The first kappa shape index (κ1) is 15.7. The molecule has 2 saturated heterocycles. The summed E-state index contributed by atoms with van der Waals surface area (Å²) in [5, 5.41) is 0.841. The molecular weight excluding hydrogens is 312 g/mol. The minimum atomic E-state index is 0.779. The molecule has 0 aromatic heterocycles. The zero-order valence-corrected chi connectivity index (χ0v) is 14.4. The van der Waals surface area contributed by atoms with Crippen molar-refractivity contribution in [3.05, 3.63) is 28.3 Å². The zero-order chi connectivity index (χ0) is 15.6. The third-order valence-corrected chi connectivity index (χ3v) is 5.43. The monoisotopic (exact) mass is 336 g/mol. The van der Waals surface area contributed by atoms with E-state index in [0.717, 1.165) is 62.6 Å². The number of hydrogen-bond donors (Lipinski definition) is 0. The summed E-state index contributed by atoms with van der Waals surface area (Å²) in [6, 6.07) is 4.14. The number of nitrogens with zero attached hydrogens (tertiary/aromatic N) is 2. The van der Waals surface area contributed by atoms with Crippen molar-refractivity contribution < 1.29 is 9.47 Å². The molecule has 0 aliphatic carbocycles. The number of rotatable bonds is 4. The fourth-order valence-corrected chi connectivity index (χ4v) is 4.32. The molecule has 3 aliphatic rings. The summed E-state index contributed by atoms with van der Waals surface area (Å²) in [5.41, 5.74) is 2.54. The van der Waals surface area contributed by atoms with E-state index in [-0.39, 0.29) is 0 Å². The topological polar surface area (TPSA) is 24.9 Å².